The van der Waals surface area contributed by atoms with Crippen LogP contribution < -0.4 is 5.32 Å². The molecule has 1 aliphatic rings. The van der Waals surface area contributed by atoms with Gasteiger partial charge < -0.3 is 25.8 Å². The van der Waals surface area contributed by atoms with Crippen LogP contribution in [-0.4, -0.2) is 60.0 Å². The van der Waals surface area contributed by atoms with Crippen LogP contribution in [-0.2, 0) is 4.74 Å². The number of rotatable bonds is 7. The second-order valence-electron chi connectivity index (χ2n) is 8.28. The van der Waals surface area contributed by atoms with E-state index in [1.165, 1.54) is 0 Å². The summed E-state index contributed by atoms with van der Waals surface area (Å²) in [5, 5.41) is 20.3. The van der Waals surface area contributed by atoms with Crippen LogP contribution in [0.25, 0.3) is 0 Å². The maximum atomic E-state index is 12.3. The lowest BCUT2D eigenvalue weighted by molar-refractivity contribution is 0.0292. The zero-order chi connectivity index (χ0) is 21.5. The number of likely N-dealkylation sites (tertiary alicyclic amines) is 1. The minimum atomic E-state index is -0.515. The average molecular weight is 392 g/mol. The molecule has 1 heterocycles. The van der Waals surface area contributed by atoms with Crippen molar-refractivity contribution in [2.45, 2.75) is 72.4 Å². The first-order valence-electron chi connectivity index (χ1n) is 10.1. The molecule has 0 spiro atoms. The molecule has 0 aromatic rings. The lowest BCUT2D eigenvalue weighted by Gasteiger charge is -2.26. The largest absolute Gasteiger partial charge is 0.444 e. The molecule has 0 bridgehead atoms. The van der Waals surface area contributed by atoms with Crippen molar-refractivity contribution in [1.82, 2.24) is 10.2 Å². The summed E-state index contributed by atoms with van der Waals surface area (Å²) in [4.78, 5) is 18.3. The number of aliphatic imine (C=N–C) groups is 1. The molecule has 1 amide bonds. The number of carbonyl (C=O) groups excluding carboxylic acids is 1. The van der Waals surface area contributed by atoms with Gasteiger partial charge in [0.25, 0.3) is 0 Å². The number of hydrogen-bond donors (Lipinski definition) is 3. The fraction of sp³-hybridized carbons (Fsp3) is 0.714. The Morgan fingerprint density at radius 3 is 2.46 bits per heavy atom. The zero-order valence-corrected chi connectivity index (χ0v) is 18.5. The SMILES string of the molecule is CCC(=N)C(C(=N)C=C(C)CC)C(=NC)NC1CCN(C(=O)OC(C)(C)C)C1. The Morgan fingerprint density at radius 2 is 1.96 bits per heavy atom. The molecule has 1 saturated heterocycles. The Hall–Kier alpha value is -2.18. The van der Waals surface area contributed by atoms with Gasteiger partial charge in [-0.05, 0) is 53.0 Å². The first-order valence-corrected chi connectivity index (χ1v) is 10.1. The monoisotopic (exact) mass is 391 g/mol. The second kappa shape index (κ2) is 10.4. The third-order valence-electron chi connectivity index (χ3n) is 4.71. The molecule has 7 heteroatoms. The van der Waals surface area contributed by atoms with Crippen LogP contribution in [0.5, 0.6) is 0 Å². The Morgan fingerprint density at radius 1 is 1.32 bits per heavy atom. The second-order valence-corrected chi connectivity index (χ2v) is 8.28. The van der Waals surface area contributed by atoms with Crippen molar-refractivity contribution >= 4 is 23.4 Å². The number of amidine groups is 1. The van der Waals surface area contributed by atoms with Gasteiger partial charge in [-0.1, -0.05) is 19.4 Å². The van der Waals surface area contributed by atoms with Crippen LogP contribution in [0.4, 0.5) is 4.79 Å². The van der Waals surface area contributed by atoms with Crippen LogP contribution in [0.15, 0.2) is 16.6 Å². The summed E-state index contributed by atoms with van der Waals surface area (Å²) in [6.07, 6.45) is 3.74. The molecule has 1 rings (SSSR count). The quantitative estimate of drug-likeness (QED) is 0.451. The fourth-order valence-corrected chi connectivity index (χ4v) is 3.01. The van der Waals surface area contributed by atoms with E-state index >= 15 is 0 Å². The summed E-state index contributed by atoms with van der Waals surface area (Å²) in [5.74, 6) is 0.139. The van der Waals surface area contributed by atoms with Gasteiger partial charge in [-0.25, -0.2) is 4.79 Å². The standard InChI is InChI=1S/C21H37N5O2/c1-8-14(3)12-17(23)18(16(22)9-2)19(24-7)25-15-10-11-26(13-15)20(27)28-21(4,5)6/h12,15,18,22-23H,8-11,13H2,1-7H3,(H,24,25). The van der Waals surface area contributed by atoms with Gasteiger partial charge in [-0.2, -0.15) is 0 Å². The van der Waals surface area contributed by atoms with E-state index in [0.29, 0.717) is 36.8 Å². The Kier molecular flexibility index (Phi) is 8.85. The molecule has 7 nitrogen and oxygen atoms in total. The molecule has 0 aromatic carbocycles. The van der Waals surface area contributed by atoms with E-state index in [2.05, 4.69) is 17.2 Å². The van der Waals surface area contributed by atoms with E-state index in [1.54, 1.807) is 11.9 Å². The average Bonchev–Trinajstić information content (AvgIpc) is 3.07. The molecule has 0 aromatic heterocycles. The van der Waals surface area contributed by atoms with Crippen LogP contribution in [0, 0.1) is 16.7 Å². The number of hydrogen-bond acceptors (Lipinski definition) is 5. The first-order chi connectivity index (χ1) is 13.0. The Labute approximate surface area is 169 Å². The van der Waals surface area contributed by atoms with E-state index in [9.17, 15) is 4.79 Å². The van der Waals surface area contributed by atoms with E-state index < -0.39 is 11.5 Å². The van der Waals surface area contributed by atoms with E-state index in [0.717, 1.165) is 18.4 Å². The number of ether oxygens (including phenoxy) is 1. The van der Waals surface area contributed by atoms with Gasteiger partial charge >= 0.3 is 6.09 Å². The first kappa shape index (κ1) is 23.9. The third-order valence-corrected chi connectivity index (χ3v) is 4.71. The molecular weight excluding hydrogens is 354 g/mol. The van der Waals surface area contributed by atoms with E-state index in [1.807, 2.05) is 40.7 Å². The number of nitrogens with zero attached hydrogens (tertiary/aromatic N) is 2. The van der Waals surface area contributed by atoms with Crippen molar-refractivity contribution < 1.29 is 9.53 Å². The molecule has 1 fully saturated rings. The van der Waals surface area contributed by atoms with Crippen molar-refractivity contribution in [1.29, 1.82) is 10.8 Å². The van der Waals surface area contributed by atoms with Crippen LogP contribution in [0.3, 0.4) is 0 Å². The predicted molar refractivity (Wildman–Crippen MR) is 116 cm³/mol. The smallest absolute Gasteiger partial charge is 0.410 e. The van der Waals surface area contributed by atoms with E-state index in [-0.39, 0.29) is 12.1 Å². The highest BCUT2D eigenvalue weighted by Crippen LogP contribution is 2.17. The normalized spacial score (nSPS) is 19.4. The lowest BCUT2D eigenvalue weighted by atomic mass is 9.92. The minimum absolute atomic E-state index is 0.0300. The molecule has 2 atom stereocenters. The molecule has 2 unspecified atom stereocenters. The molecule has 0 aliphatic carbocycles. The summed E-state index contributed by atoms with van der Waals surface area (Å²) in [6.45, 7) is 12.7. The van der Waals surface area contributed by atoms with Crippen molar-refractivity contribution in [2.24, 2.45) is 10.9 Å². The van der Waals surface area contributed by atoms with Gasteiger partial charge in [0.05, 0.1) is 5.92 Å². The Bertz CT molecular complexity index is 646. The third kappa shape index (κ3) is 7.09. The van der Waals surface area contributed by atoms with Gasteiger partial charge in [0, 0.05) is 37.6 Å². The summed E-state index contributed by atoms with van der Waals surface area (Å²) >= 11 is 0. The number of nitrogens with one attached hydrogen (secondary N) is 3. The van der Waals surface area contributed by atoms with Gasteiger partial charge in [0.1, 0.15) is 11.4 Å². The van der Waals surface area contributed by atoms with Gasteiger partial charge in [0.2, 0.25) is 0 Å². The van der Waals surface area contributed by atoms with Crippen molar-refractivity contribution in [3.8, 4) is 0 Å². The van der Waals surface area contributed by atoms with Crippen molar-refractivity contribution in [2.75, 3.05) is 20.1 Å². The molecular formula is C21H37N5O2. The van der Waals surface area contributed by atoms with Crippen LogP contribution >= 0.6 is 0 Å². The zero-order valence-electron chi connectivity index (χ0n) is 18.5. The summed E-state index contributed by atoms with van der Waals surface area (Å²) in [5.41, 5.74) is 1.42. The van der Waals surface area contributed by atoms with Crippen LogP contribution in [0.1, 0.15) is 60.8 Å². The van der Waals surface area contributed by atoms with Crippen LogP contribution in [0.2, 0.25) is 0 Å². The molecule has 0 saturated carbocycles. The van der Waals surface area contributed by atoms with Gasteiger partial charge in [-0.3, -0.25) is 4.99 Å². The maximum absolute atomic E-state index is 12.3. The summed E-state index contributed by atoms with van der Waals surface area (Å²) in [6, 6.07) is 0.0300. The molecule has 158 valence electrons. The predicted octanol–water partition coefficient (Wildman–Crippen LogP) is 4.04. The van der Waals surface area contributed by atoms with Gasteiger partial charge in [-0.15, -0.1) is 0 Å². The highest BCUT2D eigenvalue weighted by Gasteiger charge is 2.32. The van der Waals surface area contributed by atoms with Gasteiger partial charge in [0.15, 0.2) is 0 Å². The number of allylic oxidation sites excluding steroid dienone is 2. The minimum Gasteiger partial charge on any atom is -0.444 e. The Balaban J connectivity index is 2.87. The van der Waals surface area contributed by atoms with Crippen molar-refractivity contribution in [3.63, 3.8) is 0 Å². The fourth-order valence-electron chi connectivity index (χ4n) is 3.01. The number of carbonyl (C=O) groups is 1. The maximum Gasteiger partial charge on any atom is 0.410 e. The molecule has 3 N–H and O–H groups in total. The number of amides is 1. The lowest BCUT2D eigenvalue weighted by Crippen LogP contribution is -2.46. The molecule has 1 aliphatic heterocycles. The summed E-state index contributed by atoms with van der Waals surface area (Å²) < 4.78 is 5.45. The van der Waals surface area contributed by atoms with E-state index in [4.69, 9.17) is 15.6 Å². The highest BCUT2D eigenvalue weighted by atomic mass is 16.6. The van der Waals surface area contributed by atoms with Crippen molar-refractivity contribution in [3.05, 3.63) is 11.6 Å². The highest BCUT2D eigenvalue weighted by molar-refractivity contribution is 6.24. The topological polar surface area (TPSA) is 102 Å². The molecule has 0 radical (unpaired) electrons. The molecule has 28 heavy (non-hydrogen) atoms. The summed E-state index contributed by atoms with van der Waals surface area (Å²) in [7, 11) is 1.68.